The summed E-state index contributed by atoms with van der Waals surface area (Å²) in [5.74, 6) is -0.902. The Bertz CT molecular complexity index is 693. The van der Waals surface area contributed by atoms with E-state index in [9.17, 15) is 14.0 Å². The number of carbonyl (C=O) groups is 2. The number of piperazine rings is 1. The molecule has 0 aliphatic carbocycles. The molecule has 1 heterocycles. The van der Waals surface area contributed by atoms with Gasteiger partial charge in [0.2, 0.25) is 0 Å². The zero-order valence-corrected chi connectivity index (χ0v) is 16.9. The first-order chi connectivity index (χ1) is 11.5. The number of nitrogens with zero attached hydrogens (tertiary/aromatic N) is 2. The third-order valence-corrected chi connectivity index (χ3v) is 5.02. The second-order valence-electron chi connectivity index (χ2n) is 7.02. The molecule has 1 aliphatic heterocycles. The fraction of sp³-hybridized carbons (Fsp3) is 0.529. The molecule has 2 rings (SSSR count). The van der Waals surface area contributed by atoms with Crippen molar-refractivity contribution in [3.63, 3.8) is 0 Å². The van der Waals surface area contributed by atoms with Crippen molar-refractivity contribution in [2.24, 2.45) is 0 Å². The summed E-state index contributed by atoms with van der Waals surface area (Å²) in [4.78, 5) is 28.1. The van der Waals surface area contributed by atoms with Gasteiger partial charge in [0.25, 0.3) is 5.91 Å². The minimum Gasteiger partial charge on any atom is -0.444 e. The van der Waals surface area contributed by atoms with Gasteiger partial charge in [-0.2, -0.15) is 0 Å². The van der Waals surface area contributed by atoms with Crippen molar-refractivity contribution in [2.75, 3.05) is 19.6 Å². The summed E-state index contributed by atoms with van der Waals surface area (Å²) in [6, 6.07) is 2.10. The zero-order chi connectivity index (χ0) is 18.9. The normalized spacial score (nSPS) is 18.3. The Labute approximate surface area is 160 Å². The number of hydrogen-bond donors (Lipinski definition) is 0. The lowest BCUT2D eigenvalue weighted by molar-refractivity contribution is 0.00617. The van der Waals surface area contributed by atoms with Crippen molar-refractivity contribution in [3.05, 3.63) is 33.0 Å². The molecule has 0 radical (unpaired) electrons. The van der Waals surface area contributed by atoms with Gasteiger partial charge in [-0.25, -0.2) is 9.18 Å². The van der Waals surface area contributed by atoms with Gasteiger partial charge in [0.1, 0.15) is 11.4 Å². The summed E-state index contributed by atoms with van der Waals surface area (Å²) >= 11 is 9.28. The summed E-state index contributed by atoms with van der Waals surface area (Å²) < 4.78 is 19.3. The van der Waals surface area contributed by atoms with Crippen LogP contribution in [0.1, 0.15) is 38.1 Å². The predicted molar refractivity (Wildman–Crippen MR) is 97.4 cm³/mol. The first kappa shape index (κ1) is 20.0. The van der Waals surface area contributed by atoms with E-state index in [0.717, 1.165) is 6.07 Å². The van der Waals surface area contributed by atoms with E-state index in [4.69, 9.17) is 16.3 Å². The van der Waals surface area contributed by atoms with Crippen LogP contribution in [0, 0.1) is 5.82 Å². The van der Waals surface area contributed by atoms with E-state index in [2.05, 4.69) is 15.9 Å². The summed E-state index contributed by atoms with van der Waals surface area (Å²) in [7, 11) is 0. The van der Waals surface area contributed by atoms with Crippen LogP contribution < -0.4 is 0 Å². The smallest absolute Gasteiger partial charge is 0.410 e. The molecule has 0 aromatic heterocycles. The third-order valence-electron chi connectivity index (χ3n) is 3.76. The van der Waals surface area contributed by atoms with Crippen molar-refractivity contribution in [2.45, 2.75) is 39.3 Å². The molecule has 5 nitrogen and oxygen atoms in total. The number of ether oxygens (including phenoxy) is 1. The van der Waals surface area contributed by atoms with Gasteiger partial charge >= 0.3 is 6.09 Å². The van der Waals surface area contributed by atoms with Crippen molar-refractivity contribution in [1.29, 1.82) is 0 Å². The lowest BCUT2D eigenvalue weighted by Crippen LogP contribution is -2.56. The summed E-state index contributed by atoms with van der Waals surface area (Å²) in [6.07, 6.45) is -0.405. The quantitative estimate of drug-likeness (QED) is 0.617. The third kappa shape index (κ3) is 4.85. The molecule has 0 unspecified atom stereocenters. The van der Waals surface area contributed by atoms with Gasteiger partial charge in [0, 0.05) is 30.1 Å². The summed E-state index contributed by atoms with van der Waals surface area (Å²) in [5.41, 5.74) is -0.472. The van der Waals surface area contributed by atoms with Crippen LogP contribution in [0.15, 0.2) is 16.6 Å². The topological polar surface area (TPSA) is 49.9 Å². The fourth-order valence-electron chi connectivity index (χ4n) is 2.62. The predicted octanol–water partition coefficient (Wildman–Crippen LogP) is 4.32. The maximum absolute atomic E-state index is 13.6. The highest BCUT2D eigenvalue weighted by molar-refractivity contribution is 9.10. The Hall–Kier alpha value is -1.34. The number of rotatable bonds is 1. The van der Waals surface area contributed by atoms with E-state index >= 15 is 0 Å². The number of halogens is 3. The summed E-state index contributed by atoms with van der Waals surface area (Å²) in [5, 5.41) is 0.174. The van der Waals surface area contributed by atoms with Crippen LogP contribution in [0.3, 0.4) is 0 Å². The minimum absolute atomic E-state index is 0.103. The number of amides is 2. The Morgan fingerprint density at radius 3 is 2.52 bits per heavy atom. The molecular formula is C17H21BrClFN2O3. The first-order valence-electron chi connectivity index (χ1n) is 7.93. The van der Waals surface area contributed by atoms with E-state index in [1.54, 1.807) is 30.6 Å². The molecule has 0 saturated carbocycles. The van der Waals surface area contributed by atoms with Crippen LogP contribution in [-0.4, -0.2) is 53.1 Å². The Balaban J connectivity index is 2.11. The molecule has 1 atom stereocenters. The highest BCUT2D eigenvalue weighted by Crippen LogP contribution is 2.29. The molecule has 1 aromatic carbocycles. The van der Waals surface area contributed by atoms with Gasteiger partial charge in [-0.15, -0.1) is 0 Å². The van der Waals surface area contributed by atoms with Gasteiger partial charge < -0.3 is 14.5 Å². The van der Waals surface area contributed by atoms with Gasteiger partial charge in [-0.3, -0.25) is 4.79 Å². The molecule has 2 amide bonds. The van der Waals surface area contributed by atoms with Crippen LogP contribution in [0.4, 0.5) is 9.18 Å². The van der Waals surface area contributed by atoms with Crippen LogP contribution in [0.5, 0.6) is 0 Å². The molecular weight excluding hydrogens is 415 g/mol. The monoisotopic (exact) mass is 434 g/mol. The van der Waals surface area contributed by atoms with Crippen molar-refractivity contribution in [1.82, 2.24) is 9.80 Å². The second-order valence-corrected chi connectivity index (χ2v) is 8.26. The van der Waals surface area contributed by atoms with E-state index < -0.39 is 17.5 Å². The van der Waals surface area contributed by atoms with Gasteiger partial charge in [-0.1, -0.05) is 11.6 Å². The highest BCUT2D eigenvalue weighted by Gasteiger charge is 2.33. The van der Waals surface area contributed by atoms with Crippen LogP contribution in [0.2, 0.25) is 5.02 Å². The van der Waals surface area contributed by atoms with Crippen LogP contribution in [0.25, 0.3) is 0 Å². The van der Waals surface area contributed by atoms with Crippen molar-refractivity contribution < 1.29 is 18.7 Å². The molecule has 0 N–H and O–H groups in total. The Kier molecular flexibility index (Phi) is 5.99. The van der Waals surface area contributed by atoms with Gasteiger partial charge in [-0.05, 0) is 55.8 Å². The SMILES string of the molecule is C[C@@H]1CN(C(=O)OC(C)(C)C)CCN1C(=O)c1cc(F)cc(Br)c1Cl. The lowest BCUT2D eigenvalue weighted by Gasteiger charge is -2.40. The Morgan fingerprint density at radius 1 is 1.32 bits per heavy atom. The van der Waals surface area contributed by atoms with Crippen molar-refractivity contribution >= 4 is 39.5 Å². The first-order valence-corrected chi connectivity index (χ1v) is 9.10. The largest absolute Gasteiger partial charge is 0.444 e. The number of benzene rings is 1. The average Bonchev–Trinajstić information content (AvgIpc) is 2.48. The highest BCUT2D eigenvalue weighted by atomic mass is 79.9. The van der Waals surface area contributed by atoms with Gasteiger partial charge in [0.15, 0.2) is 0 Å². The molecule has 138 valence electrons. The van der Waals surface area contributed by atoms with E-state index in [1.807, 2.05) is 6.92 Å². The van der Waals surface area contributed by atoms with Crippen LogP contribution in [-0.2, 0) is 4.74 Å². The van der Waals surface area contributed by atoms with E-state index in [0.29, 0.717) is 24.1 Å². The minimum atomic E-state index is -0.575. The fourth-order valence-corrected chi connectivity index (χ4v) is 3.24. The average molecular weight is 436 g/mol. The van der Waals surface area contributed by atoms with Gasteiger partial charge in [0.05, 0.1) is 10.6 Å². The molecule has 1 aromatic rings. The molecule has 1 saturated heterocycles. The molecule has 0 bridgehead atoms. The Morgan fingerprint density at radius 2 is 1.96 bits per heavy atom. The van der Waals surface area contributed by atoms with E-state index in [-0.39, 0.29) is 22.5 Å². The zero-order valence-electron chi connectivity index (χ0n) is 14.6. The second kappa shape index (κ2) is 7.50. The van der Waals surface area contributed by atoms with E-state index in [1.165, 1.54) is 6.07 Å². The molecule has 1 aliphatic rings. The molecule has 1 fully saturated rings. The van der Waals surface area contributed by atoms with Crippen molar-refractivity contribution in [3.8, 4) is 0 Å². The van der Waals surface area contributed by atoms with Crippen LogP contribution >= 0.6 is 27.5 Å². The number of hydrogen-bond acceptors (Lipinski definition) is 3. The number of carbonyl (C=O) groups excluding carboxylic acids is 2. The maximum atomic E-state index is 13.6. The summed E-state index contributed by atoms with van der Waals surface area (Å²) in [6.45, 7) is 8.25. The maximum Gasteiger partial charge on any atom is 0.410 e. The standard InChI is InChI=1S/C17H21BrClFN2O3/c1-10-9-21(16(24)25-17(2,3)4)5-6-22(10)15(23)12-7-11(20)8-13(18)14(12)19/h7-8,10H,5-6,9H2,1-4H3/t10-/m1/s1. The molecule has 0 spiro atoms. The molecule has 8 heteroatoms. The molecule has 25 heavy (non-hydrogen) atoms. The lowest BCUT2D eigenvalue weighted by atomic mass is 10.1.